The molecule has 2 fully saturated rings. The highest BCUT2D eigenvalue weighted by molar-refractivity contribution is 5.76. The highest BCUT2D eigenvalue weighted by Gasteiger charge is 2.51. The van der Waals surface area contributed by atoms with Crippen molar-refractivity contribution < 1.29 is 9.53 Å². The maximum atomic E-state index is 12.3. The number of carbonyl (C=O) groups is 1. The lowest BCUT2D eigenvalue weighted by atomic mass is 9.59. The summed E-state index contributed by atoms with van der Waals surface area (Å²) < 4.78 is 5.76. The summed E-state index contributed by atoms with van der Waals surface area (Å²) >= 11 is 0. The molecule has 124 valence electrons. The van der Waals surface area contributed by atoms with E-state index in [1.165, 1.54) is 19.3 Å². The van der Waals surface area contributed by atoms with E-state index in [1.54, 1.807) is 5.57 Å². The lowest BCUT2D eigenvalue weighted by molar-refractivity contribution is -0.145. The molecular weight excluding hydrogens is 274 g/mol. The van der Waals surface area contributed by atoms with E-state index in [2.05, 4.69) is 39.1 Å². The number of fused-ring (bicyclic) bond motifs is 2. The van der Waals surface area contributed by atoms with Gasteiger partial charge >= 0.3 is 5.97 Å². The van der Waals surface area contributed by atoms with Crippen LogP contribution in [0, 0.1) is 29.1 Å². The first-order valence-electron chi connectivity index (χ1n) is 9.04. The van der Waals surface area contributed by atoms with Crippen molar-refractivity contribution in [2.24, 2.45) is 29.1 Å². The molecule has 0 radical (unpaired) electrons. The Morgan fingerprint density at radius 2 is 2.23 bits per heavy atom. The number of hydrogen-bond acceptors (Lipinski definition) is 3. The van der Waals surface area contributed by atoms with Crippen LogP contribution in [0.25, 0.3) is 0 Å². The van der Waals surface area contributed by atoms with Crippen LogP contribution < -0.4 is 5.32 Å². The van der Waals surface area contributed by atoms with Crippen molar-refractivity contribution in [3.63, 3.8) is 0 Å². The molecule has 1 N–H and O–H groups in total. The fourth-order valence-electron chi connectivity index (χ4n) is 4.81. The summed E-state index contributed by atoms with van der Waals surface area (Å²) in [6, 6.07) is 0. The molecule has 0 amide bonds. The molecule has 3 heteroatoms. The standard InChI is InChI=1S/C19H31NO2/c1-12(2)10-20-11-15-14-8-16-13(3)6-5-7-19(16,4)9-17(14)22-18(15)21/h8,12-15,17,20H,5-7,9-11H2,1-4H3. The smallest absolute Gasteiger partial charge is 0.311 e. The Kier molecular flexibility index (Phi) is 4.37. The minimum atomic E-state index is 0.00919. The quantitative estimate of drug-likeness (QED) is 0.637. The third kappa shape index (κ3) is 2.84. The van der Waals surface area contributed by atoms with E-state index in [0.717, 1.165) is 19.5 Å². The maximum Gasteiger partial charge on any atom is 0.311 e. The van der Waals surface area contributed by atoms with Crippen LogP contribution in [-0.2, 0) is 9.53 Å². The molecule has 1 aliphatic heterocycles. The number of esters is 1. The fraction of sp³-hybridized carbons (Fsp3) is 0.842. The summed E-state index contributed by atoms with van der Waals surface area (Å²) in [6.07, 6.45) is 7.42. The summed E-state index contributed by atoms with van der Waals surface area (Å²) in [7, 11) is 0. The van der Waals surface area contributed by atoms with Crippen LogP contribution in [0.1, 0.15) is 53.4 Å². The van der Waals surface area contributed by atoms with E-state index in [9.17, 15) is 4.79 Å². The maximum absolute atomic E-state index is 12.3. The van der Waals surface area contributed by atoms with Crippen LogP contribution in [0.5, 0.6) is 0 Å². The molecule has 0 spiro atoms. The minimum Gasteiger partial charge on any atom is -0.461 e. The second-order valence-corrected chi connectivity index (χ2v) is 8.39. The zero-order chi connectivity index (χ0) is 15.9. The van der Waals surface area contributed by atoms with Gasteiger partial charge in [-0.15, -0.1) is 0 Å². The number of carbonyl (C=O) groups excluding carboxylic acids is 1. The van der Waals surface area contributed by atoms with Crippen LogP contribution >= 0.6 is 0 Å². The zero-order valence-electron chi connectivity index (χ0n) is 14.5. The molecule has 1 heterocycles. The number of ether oxygens (including phenoxy) is 1. The van der Waals surface area contributed by atoms with E-state index in [4.69, 9.17) is 4.74 Å². The fourth-order valence-corrected chi connectivity index (χ4v) is 4.81. The monoisotopic (exact) mass is 305 g/mol. The van der Waals surface area contributed by atoms with E-state index in [-0.39, 0.29) is 29.3 Å². The molecule has 2 aliphatic carbocycles. The topological polar surface area (TPSA) is 38.3 Å². The van der Waals surface area contributed by atoms with Gasteiger partial charge in [-0.3, -0.25) is 4.79 Å². The normalized spacial score (nSPS) is 41.0. The molecule has 0 aromatic rings. The van der Waals surface area contributed by atoms with Gasteiger partial charge in [0.15, 0.2) is 0 Å². The van der Waals surface area contributed by atoms with Gasteiger partial charge < -0.3 is 10.1 Å². The van der Waals surface area contributed by atoms with Gasteiger partial charge in [0.05, 0.1) is 5.92 Å². The predicted molar refractivity (Wildman–Crippen MR) is 88.4 cm³/mol. The molecule has 0 aromatic carbocycles. The Bertz CT molecular complexity index is 470. The number of nitrogens with one attached hydrogen (secondary N) is 1. The van der Waals surface area contributed by atoms with Gasteiger partial charge in [-0.1, -0.05) is 45.8 Å². The SMILES string of the molecule is CC(C)CNCC1C(=O)OC2CC3(C)CCCC(C)C3=CC21. The first-order valence-corrected chi connectivity index (χ1v) is 9.04. The molecule has 1 saturated carbocycles. The molecule has 22 heavy (non-hydrogen) atoms. The Morgan fingerprint density at radius 1 is 1.45 bits per heavy atom. The largest absolute Gasteiger partial charge is 0.461 e. The zero-order valence-corrected chi connectivity index (χ0v) is 14.5. The van der Waals surface area contributed by atoms with Crippen LogP contribution in [0.15, 0.2) is 11.6 Å². The lowest BCUT2D eigenvalue weighted by Gasteiger charge is -2.46. The van der Waals surface area contributed by atoms with E-state index in [1.807, 2.05) is 0 Å². The van der Waals surface area contributed by atoms with Crippen molar-refractivity contribution in [3.8, 4) is 0 Å². The van der Waals surface area contributed by atoms with Crippen molar-refractivity contribution in [1.82, 2.24) is 5.32 Å². The minimum absolute atomic E-state index is 0.00919. The van der Waals surface area contributed by atoms with Gasteiger partial charge in [0.1, 0.15) is 6.10 Å². The average molecular weight is 305 g/mol. The summed E-state index contributed by atoms with van der Waals surface area (Å²) in [5.41, 5.74) is 1.87. The van der Waals surface area contributed by atoms with Crippen LogP contribution in [0.3, 0.4) is 0 Å². The molecular formula is C19H31NO2. The lowest BCUT2D eigenvalue weighted by Crippen LogP contribution is -2.40. The molecule has 3 aliphatic rings. The van der Waals surface area contributed by atoms with Crippen LogP contribution in [-0.4, -0.2) is 25.2 Å². The Morgan fingerprint density at radius 3 is 2.95 bits per heavy atom. The first kappa shape index (κ1) is 16.0. The van der Waals surface area contributed by atoms with Gasteiger partial charge in [0.25, 0.3) is 0 Å². The molecule has 3 rings (SSSR count). The van der Waals surface area contributed by atoms with E-state index < -0.39 is 0 Å². The van der Waals surface area contributed by atoms with Crippen LogP contribution in [0.2, 0.25) is 0 Å². The molecule has 0 aromatic heterocycles. The highest BCUT2D eigenvalue weighted by atomic mass is 16.6. The first-order chi connectivity index (χ1) is 10.4. The van der Waals surface area contributed by atoms with Crippen molar-refractivity contribution in [1.29, 1.82) is 0 Å². The van der Waals surface area contributed by atoms with Gasteiger partial charge in [-0.2, -0.15) is 0 Å². The average Bonchev–Trinajstić information content (AvgIpc) is 2.71. The Hall–Kier alpha value is -0.830. The van der Waals surface area contributed by atoms with E-state index in [0.29, 0.717) is 11.8 Å². The third-order valence-corrected chi connectivity index (χ3v) is 6.00. The van der Waals surface area contributed by atoms with Gasteiger partial charge in [-0.05, 0) is 43.1 Å². The third-order valence-electron chi connectivity index (χ3n) is 6.00. The molecule has 0 bridgehead atoms. The predicted octanol–water partition coefficient (Wildman–Crippen LogP) is 3.55. The van der Waals surface area contributed by atoms with Gasteiger partial charge in [0.2, 0.25) is 0 Å². The van der Waals surface area contributed by atoms with Crippen molar-refractivity contribution in [2.45, 2.75) is 59.5 Å². The summed E-state index contributed by atoms with van der Waals surface area (Å²) in [5, 5.41) is 3.45. The van der Waals surface area contributed by atoms with Gasteiger partial charge in [-0.25, -0.2) is 0 Å². The van der Waals surface area contributed by atoms with Crippen molar-refractivity contribution in [2.75, 3.05) is 13.1 Å². The van der Waals surface area contributed by atoms with Crippen LogP contribution in [0.4, 0.5) is 0 Å². The Labute approximate surface area is 134 Å². The second kappa shape index (κ2) is 5.99. The number of allylic oxidation sites excluding steroid dienone is 1. The molecule has 5 atom stereocenters. The molecule has 1 saturated heterocycles. The number of hydrogen-bond donors (Lipinski definition) is 1. The molecule has 3 nitrogen and oxygen atoms in total. The van der Waals surface area contributed by atoms with Gasteiger partial charge in [0, 0.05) is 12.5 Å². The van der Waals surface area contributed by atoms with Crippen molar-refractivity contribution >= 4 is 5.97 Å². The highest BCUT2D eigenvalue weighted by Crippen LogP contribution is 2.53. The van der Waals surface area contributed by atoms with Crippen molar-refractivity contribution in [3.05, 3.63) is 11.6 Å². The van der Waals surface area contributed by atoms with E-state index >= 15 is 0 Å². The summed E-state index contributed by atoms with van der Waals surface area (Å²) in [5.74, 6) is 1.59. The molecule has 5 unspecified atom stereocenters. The summed E-state index contributed by atoms with van der Waals surface area (Å²) in [6.45, 7) is 10.8. The second-order valence-electron chi connectivity index (χ2n) is 8.39. The Balaban J connectivity index is 1.77. The summed E-state index contributed by atoms with van der Waals surface area (Å²) in [4.78, 5) is 12.3. The number of rotatable bonds is 4.